The van der Waals surface area contributed by atoms with Gasteiger partial charge in [0, 0.05) is 30.7 Å². The zero-order valence-electron chi connectivity index (χ0n) is 18.3. The second-order valence-electron chi connectivity index (χ2n) is 7.76. The number of benzene rings is 1. The van der Waals surface area contributed by atoms with Gasteiger partial charge < -0.3 is 10.1 Å². The van der Waals surface area contributed by atoms with Gasteiger partial charge in [0.05, 0.1) is 4.90 Å². The van der Waals surface area contributed by atoms with Gasteiger partial charge in [0.15, 0.2) is 6.10 Å². The minimum atomic E-state index is -3.55. The fourth-order valence-corrected chi connectivity index (χ4v) is 4.99. The molecule has 0 aliphatic carbocycles. The number of aromatic nitrogens is 4. The lowest BCUT2D eigenvalue weighted by Gasteiger charge is -2.25. The third-order valence-corrected chi connectivity index (χ3v) is 7.25. The number of nitrogens with one attached hydrogen (secondary N) is 1. The highest BCUT2D eigenvalue weighted by Gasteiger charge is 2.26. The van der Waals surface area contributed by atoms with Crippen LogP contribution in [0.4, 0.5) is 5.69 Å². The first kappa shape index (κ1) is 22.8. The zero-order chi connectivity index (χ0) is 23.6. The van der Waals surface area contributed by atoms with Crippen LogP contribution in [0.1, 0.15) is 42.5 Å². The number of aryl methyl sites for hydroxylation is 1. The Morgan fingerprint density at radius 1 is 1.09 bits per heavy atom. The smallest absolute Gasteiger partial charge is 0.379 e. The molecule has 1 aliphatic heterocycles. The minimum absolute atomic E-state index is 0.170. The van der Waals surface area contributed by atoms with Crippen LogP contribution in [0.3, 0.4) is 0 Å². The highest BCUT2D eigenvalue weighted by Crippen LogP contribution is 2.22. The van der Waals surface area contributed by atoms with E-state index >= 15 is 0 Å². The predicted molar refractivity (Wildman–Crippen MR) is 118 cm³/mol. The lowest BCUT2D eigenvalue weighted by Crippen LogP contribution is -2.35. The molecule has 3 heterocycles. The summed E-state index contributed by atoms with van der Waals surface area (Å²) in [5.74, 6) is -1.39. The fraction of sp³-hybridized carbons (Fsp3) is 0.381. The van der Waals surface area contributed by atoms with Crippen molar-refractivity contribution in [3.05, 3.63) is 48.0 Å². The molecule has 1 atom stereocenters. The molecule has 1 amide bonds. The maximum atomic E-state index is 12.7. The van der Waals surface area contributed by atoms with Crippen LogP contribution >= 0.6 is 0 Å². The van der Waals surface area contributed by atoms with E-state index in [1.54, 1.807) is 19.2 Å². The lowest BCUT2D eigenvalue weighted by atomic mass is 10.2. The Bertz CT molecular complexity index is 1280. The molecule has 11 nitrogen and oxygen atoms in total. The molecule has 2 aromatic heterocycles. The molecule has 174 valence electrons. The SMILES string of the molecule is Cc1ccnc2nc(C(=O)OC(C)C(=O)Nc3ccc(S(=O)(=O)N4CCCCC4)cc3)nn12. The van der Waals surface area contributed by atoms with Gasteiger partial charge in [-0.2, -0.15) is 9.29 Å². The van der Waals surface area contributed by atoms with Crippen LogP contribution in [0.2, 0.25) is 0 Å². The summed E-state index contributed by atoms with van der Waals surface area (Å²) in [6, 6.07) is 7.62. The number of ether oxygens (including phenoxy) is 1. The Kier molecular flexibility index (Phi) is 6.38. The van der Waals surface area contributed by atoms with E-state index in [0.29, 0.717) is 18.8 Å². The van der Waals surface area contributed by atoms with Crippen molar-refractivity contribution in [1.82, 2.24) is 23.9 Å². The molecule has 1 unspecified atom stereocenters. The number of carbonyl (C=O) groups is 2. The first-order valence-corrected chi connectivity index (χ1v) is 12.0. The summed E-state index contributed by atoms with van der Waals surface area (Å²) in [6.07, 6.45) is 3.15. The van der Waals surface area contributed by atoms with E-state index in [1.807, 2.05) is 0 Å². The van der Waals surface area contributed by atoms with Crippen LogP contribution in [0, 0.1) is 6.92 Å². The number of hydrogen-bond donors (Lipinski definition) is 1. The summed E-state index contributed by atoms with van der Waals surface area (Å²) in [5.41, 5.74) is 1.12. The van der Waals surface area contributed by atoms with Gasteiger partial charge in [-0.1, -0.05) is 6.42 Å². The van der Waals surface area contributed by atoms with Gasteiger partial charge in [0.25, 0.3) is 17.5 Å². The molecule has 1 N–H and O–H groups in total. The molecular formula is C21H24N6O5S. The van der Waals surface area contributed by atoms with Gasteiger partial charge in [-0.15, -0.1) is 5.10 Å². The lowest BCUT2D eigenvalue weighted by molar-refractivity contribution is -0.123. The average Bonchev–Trinajstić information content (AvgIpc) is 3.26. The molecule has 0 spiro atoms. The van der Waals surface area contributed by atoms with Gasteiger partial charge in [0.1, 0.15) is 0 Å². The number of nitrogens with zero attached hydrogens (tertiary/aromatic N) is 5. The predicted octanol–water partition coefficient (Wildman–Crippen LogP) is 1.79. The van der Waals surface area contributed by atoms with E-state index < -0.39 is 28.0 Å². The van der Waals surface area contributed by atoms with Crippen LogP contribution < -0.4 is 5.32 Å². The number of sulfonamides is 1. The third-order valence-electron chi connectivity index (χ3n) is 5.34. The van der Waals surface area contributed by atoms with Crippen LogP contribution in [0.5, 0.6) is 0 Å². The standard InChI is InChI=1S/C21H24N6O5S/c1-14-10-11-22-21-24-18(25-27(14)21)20(29)32-15(2)19(28)23-16-6-8-17(9-7-16)33(30,31)26-12-4-3-5-13-26/h6-11,15H,3-5,12-13H2,1-2H3,(H,23,28). The average molecular weight is 473 g/mol. The molecule has 0 radical (unpaired) electrons. The normalized spacial score (nSPS) is 15.8. The Morgan fingerprint density at radius 3 is 2.45 bits per heavy atom. The van der Waals surface area contributed by atoms with Crippen molar-refractivity contribution in [2.75, 3.05) is 18.4 Å². The topological polar surface area (TPSA) is 136 Å². The maximum Gasteiger partial charge on any atom is 0.379 e. The van der Waals surface area contributed by atoms with Crippen molar-refractivity contribution >= 4 is 33.4 Å². The number of carbonyl (C=O) groups excluding carboxylic acids is 2. The Morgan fingerprint density at radius 2 is 1.79 bits per heavy atom. The monoisotopic (exact) mass is 472 g/mol. The van der Waals surface area contributed by atoms with E-state index in [0.717, 1.165) is 25.0 Å². The summed E-state index contributed by atoms with van der Waals surface area (Å²) in [4.78, 5) is 33.0. The van der Waals surface area contributed by atoms with Crippen LogP contribution in [-0.2, 0) is 19.6 Å². The number of rotatable bonds is 6. The van der Waals surface area contributed by atoms with Crippen LogP contribution in [-0.4, -0.2) is 63.4 Å². The van der Waals surface area contributed by atoms with Crippen molar-refractivity contribution in [3.8, 4) is 0 Å². The molecule has 12 heteroatoms. The van der Waals surface area contributed by atoms with Gasteiger partial charge in [0.2, 0.25) is 10.0 Å². The number of esters is 1. The summed E-state index contributed by atoms with van der Waals surface area (Å²) >= 11 is 0. The fourth-order valence-electron chi connectivity index (χ4n) is 3.47. The van der Waals surface area contributed by atoms with E-state index in [-0.39, 0.29) is 16.5 Å². The molecule has 33 heavy (non-hydrogen) atoms. The Hall–Kier alpha value is -3.38. The minimum Gasteiger partial charge on any atom is -0.447 e. The molecule has 1 aliphatic rings. The molecular weight excluding hydrogens is 448 g/mol. The van der Waals surface area contributed by atoms with Gasteiger partial charge >= 0.3 is 5.97 Å². The van der Waals surface area contributed by atoms with E-state index in [9.17, 15) is 18.0 Å². The molecule has 0 bridgehead atoms. The Labute approximate surface area is 190 Å². The van der Waals surface area contributed by atoms with Crippen LogP contribution in [0.25, 0.3) is 5.78 Å². The highest BCUT2D eigenvalue weighted by molar-refractivity contribution is 7.89. The second kappa shape index (κ2) is 9.24. The van der Waals surface area contributed by atoms with Crippen molar-refractivity contribution in [2.45, 2.75) is 44.1 Å². The molecule has 3 aromatic rings. The van der Waals surface area contributed by atoms with Gasteiger partial charge in [-0.3, -0.25) is 4.79 Å². The number of hydrogen-bond acceptors (Lipinski definition) is 8. The quantitative estimate of drug-likeness (QED) is 0.536. The van der Waals surface area contributed by atoms with Crippen molar-refractivity contribution < 1.29 is 22.7 Å². The Balaban J connectivity index is 1.38. The maximum absolute atomic E-state index is 12.7. The number of piperidine rings is 1. The van der Waals surface area contributed by atoms with Crippen LogP contribution in [0.15, 0.2) is 41.4 Å². The molecule has 0 saturated carbocycles. The zero-order valence-corrected chi connectivity index (χ0v) is 19.1. The summed E-state index contributed by atoms with van der Waals surface area (Å²) in [6.45, 7) is 4.24. The molecule has 1 aromatic carbocycles. The summed E-state index contributed by atoms with van der Waals surface area (Å²) in [5, 5.41) is 6.67. The highest BCUT2D eigenvalue weighted by atomic mass is 32.2. The number of amides is 1. The first-order chi connectivity index (χ1) is 15.8. The van der Waals surface area contributed by atoms with Crippen molar-refractivity contribution in [1.29, 1.82) is 0 Å². The van der Waals surface area contributed by atoms with Gasteiger partial charge in [-0.05, 0) is 57.0 Å². The summed E-state index contributed by atoms with van der Waals surface area (Å²) in [7, 11) is -3.55. The van der Waals surface area contributed by atoms with E-state index in [1.165, 1.54) is 40.0 Å². The van der Waals surface area contributed by atoms with E-state index in [4.69, 9.17) is 4.74 Å². The molecule has 1 fully saturated rings. The van der Waals surface area contributed by atoms with Crippen molar-refractivity contribution in [2.24, 2.45) is 0 Å². The molecule has 1 saturated heterocycles. The molecule has 4 rings (SSSR count). The largest absolute Gasteiger partial charge is 0.447 e. The first-order valence-electron chi connectivity index (χ1n) is 10.6. The van der Waals surface area contributed by atoms with Gasteiger partial charge in [-0.25, -0.2) is 22.7 Å². The van der Waals surface area contributed by atoms with Crippen molar-refractivity contribution in [3.63, 3.8) is 0 Å². The second-order valence-corrected chi connectivity index (χ2v) is 9.70. The third kappa shape index (κ3) is 4.86. The number of fused-ring (bicyclic) bond motifs is 1. The number of anilines is 1. The van der Waals surface area contributed by atoms with E-state index in [2.05, 4.69) is 20.4 Å². The summed E-state index contributed by atoms with van der Waals surface area (Å²) < 4.78 is 33.5.